The number of hydrogen-bond donors (Lipinski definition) is 1. The van der Waals surface area contributed by atoms with Crippen LogP contribution in [0.2, 0.25) is 5.02 Å². The van der Waals surface area contributed by atoms with E-state index in [4.69, 9.17) is 21.4 Å². The lowest BCUT2D eigenvalue weighted by Crippen LogP contribution is -2.23. The number of aliphatic hydroxyl groups is 1. The van der Waals surface area contributed by atoms with Crippen LogP contribution in [0, 0.1) is 0 Å². The van der Waals surface area contributed by atoms with Gasteiger partial charge in [0.05, 0.1) is 18.2 Å². The zero-order chi connectivity index (χ0) is 12.0. The molecule has 4 nitrogen and oxygen atoms in total. The minimum atomic E-state index is -0.0460. The summed E-state index contributed by atoms with van der Waals surface area (Å²) in [7, 11) is 1.91. The average Bonchev–Trinajstić information content (AvgIpc) is 2.29. The fourth-order valence-corrected chi connectivity index (χ4v) is 1.62. The van der Waals surface area contributed by atoms with Crippen molar-refractivity contribution in [3.05, 3.63) is 22.8 Å². The highest BCUT2D eigenvalue weighted by atomic mass is 35.5. The van der Waals surface area contributed by atoms with E-state index in [0.29, 0.717) is 29.6 Å². The maximum absolute atomic E-state index is 8.93. The number of aromatic nitrogens is 1. The lowest BCUT2D eigenvalue weighted by molar-refractivity contribution is 0.154. The molecule has 0 aliphatic heterocycles. The summed E-state index contributed by atoms with van der Waals surface area (Å²) in [4.78, 5) is 6.14. The molecule has 0 aromatic carbocycles. The van der Waals surface area contributed by atoms with Crippen molar-refractivity contribution in [1.82, 2.24) is 4.98 Å². The van der Waals surface area contributed by atoms with E-state index in [1.807, 2.05) is 18.9 Å². The molecule has 0 aliphatic carbocycles. The molecular formula is C11H17ClN2O2. The quantitative estimate of drug-likeness (QED) is 0.774. The van der Waals surface area contributed by atoms with E-state index in [-0.39, 0.29) is 6.61 Å². The van der Waals surface area contributed by atoms with E-state index >= 15 is 0 Å². The Bertz CT molecular complexity index is 334. The topological polar surface area (TPSA) is 45.6 Å². The highest BCUT2D eigenvalue weighted by molar-refractivity contribution is 6.33. The molecule has 1 rings (SSSR count). The Balaban J connectivity index is 2.64. The van der Waals surface area contributed by atoms with Crippen molar-refractivity contribution >= 4 is 17.4 Å². The van der Waals surface area contributed by atoms with Crippen LogP contribution in [0.3, 0.4) is 0 Å². The number of anilines is 1. The van der Waals surface area contributed by atoms with Gasteiger partial charge in [0.1, 0.15) is 5.82 Å². The van der Waals surface area contributed by atoms with Crippen LogP contribution in [0.5, 0.6) is 0 Å². The Morgan fingerprint density at radius 2 is 2.31 bits per heavy atom. The van der Waals surface area contributed by atoms with Gasteiger partial charge in [-0.25, -0.2) is 4.98 Å². The first kappa shape index (κ1) is 13.2. The van der Waals surface area contributed by atoms with Gasteiger partial charge >= 0.3 is 0 Å². The van der Waals surface area contributed by atoms with Gasteiger partial charge in [-0.1, -0.05) is 11.6 Å². The molecule has 0 radical (unpaired) electrons. The summed E-state index contributed by atoms with van der Waals surface area (Å²) in [6.07, 6.45) is 1.62. The fourth-order valence-electron chi connectivity index (χ4n) is 1.29. The highest BCUT2D eigenvalue weighted by Gasteiger charge is 2.08. The number of rotatable bonds is 6. The van der Waals surface area contributed by atoms with Gasteiger partial charge in [-0.05, 0) is 18.6 Å². The normalized spacial score (nSPS) is 10.5. The molecule has 0 saturated carbocycles. The van der Waals surface area contributed by atoms with Crippen LogP contribution < -0.4 is 4.90 Å². The molecule has 0 spiro atoms. The third-order valence-electron chi connectivity index (χ3n) is 2.20. The van der Waals surface area contributed by atoms with E-state index in [1.165, 1.54) is 0 Å². The second-order valence-corrected chi connectivity index (χ2v) is 3.83. The van der Waals surface area contributed by atoms with Crippen LogP contribution >= 0.6 is 11.6 Å². The summed E-state index contributed by atoms with van der Waals surface area (Å²) < 4.78 is 5.26. The Morgan fingerprint density at radius 1 is 1.56 bits per heavy atom. The molecule has 1 N–H and O–H groups in total. The Morgan fingerprint density at radius 3 is 2.88 bits per heavy atom. The van der Waals surface area contributed by atoms with Crippen molar-refractivity contribution in [3.63, 3.8) is 0 Å². The third kappa shape index (κ3) is 3.63. The Kier molecular flexibility index (Phi) is 5.52. The third-order valence-corrected chi connectivity index (χ3v) is 2.48. The largest absolute Gasteiger partial charge is 0.392 e. The van der Waals surface area contributed by atoms with Gasteiger partial charge in [-0.2, -0.15) is 0 Å². The predicted molar refractivity (Wildman–Crippen MR) is 64.9 cm³/mol. The lowest BCUT2D eigenvalue weighted by Gasteiger charge is -2.19. The summed E-state index contributed by atoms with van der Waals surface area (Å²) in [5.74, 6) is 0.707. The molecule has 16 heavy (non-hydrogen) atoms. The van der Waals surface area contributed by atoms with Gasteiger partial charge in [-0.3, -0.25) is 0 Å². The van der Waals surface area contributed by atoms with Crippen molar-refractivity contribution in [2.24, 2.45) is 0 Å². The fraction of sp³-hybridized carbons (Fsp3) is 0.545. The van der Waals surface area contributed by atoms with Gasteiger partial charge in [0.15, 0.2) is 0 Å². The van der Waals surface area contributed by atoms with Crippen LogP contribution in [0.25, 0.3) is 0 Å². The SMILES string of the molecule is CCOCCN(C)c1ncc(CO)cc1Cl. The van der Waals surface area contributed by atoms with Crippen LogP contribution in [0.1, 0.15) is 12.5 Å². The number of nitrogens with zero attached hydrogens (tertiary/aromatic N) is 2. The highest BCUT2D eigenvalue weighted by Crippen LogP contribution is 2.22. The monoisotopic (exact) mass is 244 g/mol. The number of aliphatic hydroxyl groups excluding tert-OH is 1. The van der Waals surface area contributed by atoms with E-state index in [1.54, 1.807) is 12.3 Å². The van der Waals surface area contributed by atoms with Gasteiger partial charge < -0.3 is 14.7 Å². The molecule has 90 valence electrons. The standard InChI is InChI=1S/C11H17ClN2O2/c1-3-16-5-4-14(2)11-10(12)6-9(8-15)7-13-11/h6-7,15H,3-5,8H2,1-2H3. The van der Waals surface area contributed by atoms with Crippen molar-refractivity contribution in [2.45, 2.75) is 13.5 Å². The van der Waals surface area contributed by atoms with Crippen molar-refractivity contribution in [3.8, 4) is 0 Å². The smallest absolute Gasteiger partial charge is 0.147 e. The average molecular weight is 245 g/mol. The Labute approximate surface area is 101 Å². The van der Waals surface area contributed by atoms with Gasteiger partial charge in [0.25, 0.3) is 0 Å². The molecule has 0 fully saturated rings. The lowest BCUT2D eigenvalue weighted by atomic mass is 10.3. The van der Waals surface area contributed by atoms with Crippen LogP contribution in [0.15, 0.2) is 12.3 Å². The van der Waals surface area contributed by atoms with E-state index < -0.39 is 0 Å². The molecule has 0 bridgehead atoms. The second-order valence-electron chi connectivity index (χ2n) is 3.43. The molecule has 0 atom stereocenters. The van der Waals surface area contributed by atoms with Crippen molar-refractivity contribution in [1.29, 1.82) is 0 Å². The minimum Gasteiger partial charge on any atom is -0.392 e. The molecule has 0 aliphatic rings. The first-order chi connectivity index (χ1) is 7.69. The van der Waals surface area contributed by atoms with E-state index in [0.717, 1.165) is 6.54 Å². The van der Waals surface area contributed by atoms with Gasteiger partial charge in [0, 0.05) is 26.4 Å². The van der Waals surface area contributed by atoms with E-state index in [2.05, 4.69) is 4.98 Å². The molecule has 1 heterocycles. The van der Waals surface area contributed by atoms with Gasteiger partial charge in [0.2, 0.25) is 0 Å². The number of hydrogen-bond acceptors (Lipinski definition) is 4. The minimum absolute atomic E-state index is 0.0460. The molecule has 0 saturated heterocycles. The molecule has 0 unspecified atom stereocenters. The van der Waals surface area contributed by atoms with E-state index in [9.17, 15) is 0 Å². The first-order valence-corrected chi connectivity index (χ1v) is 5.61. The van der Waals surface area contributed by atoms with Crippen molar-refractivity contribution in [2.75, 3.05) is 31.7 Å². The summed E-state index contributed by atoms with van der Waals surface area (Å²) in [5.41, 5.74) is 0.715. The summed E-state index contributed by atoms with van der Waals surface area (Å²) in [5, 5.41) is 9.48. The number of ether oxygens (including phenoxy) is 1. The molecule has 1 aromatic heterocycles. The maximum Gasteiger partial charge on any atom is 0.147 e. The predicted octanol–water partition coefficient (Wildman–Crippen LogP) is 1.70. The van der Waals surface area contributed by atoms with Crippen LogP contribution in [0.4, 0.5) is 5.82 Å². The van der Waals surface area contributed by atoms with Crippen molar-refractivity contribution < 1.29 is 9.84 Å². The van der Waals surface area contributed by atoms with Gasteiger partial charge in [-0.15, -0.1) is 0 Å². The van der Waals surface area contributed by atoms with Crippen LogP contribution in [-0.2, 0) is 11.3 Å². The summed E-state index contributed by atoms with van der Waals surface area (Å²) in [6, 6.07) is 1.72. The zero-order valence-electron chi connectivity index (χ0n) is 9.61. The van der Waals surface area contributed by atoms with Crippen LogP contribution in [-0.4, -0.2) is 36.9 Å². The molecular weight excluding hydrogens is 228 g/mol. The molecule has 0 amide bonds. The maximum atomic E-state index is 8.93. The summed E-state index contributed by atoms with van der Waals surface area (Å²) >= 11 is 6.06. The zero-order valence-corrected chi connectivity index (χ0v) is 10.4. The second kappa shape index (κ2) is 6.68. The Hall–Kier alpha value is -0.840. The number of pyridine rings is 1. The molecule has 5 heteroatoms. The number of halogens is 1. The first-order valence-electron chi connectivity index (χ1n) is 5.23. The number of likely N-dealkylation sites (N-methyl/N-ethyl adjacent to an activating group) is 1. The molecule has 1 aromatic rings. The summed E-state index contributed by atoms with van der Waals surface area (Å²) in [6.45, 7) is 4.00.